The highest BCUT2D eigenvalue weighted by atomic mass is 14.7. The highest BCUT2D eigenvalue weighted by Crippen LogP contribution is 2.39. The van der Waals surface area contributed by atoms with Crippen molar-refractivity contribution < 1.29 is 0 Å². The summed E-state index contributed by atoms with van der Waals surface area (Å²) in [5.74, 6) is 1.65. The largest absolute Gasteiger partial charge is 0.354 e. The summed E-state index contributed by atoms with van der Waals surface area (Å²) in [5, 5.41) is 1.30. The van der Waals surface area contributed by atoms with Gasteiger partial charge in [-0.3, -0.25) is 0 Å². The van der Waals surface area contributed by atoms with E-state index >= 15 is 0 Å². The summed E-state index contributed by atoms with van der Waals surface area (Å²) < 4.78 is 0. The Morgan fingerprint density at radius 3 is 2.69 bits per heavy atom. The number of nitrogens with one attached hydrogen (secondary N) is 1. The van der Waals surface area contributed by atoms with Crippen LogP contribution < -0.4 is 0 Å². The Balaban J connectivity index is 1.80. The smallest absolute Gasteiger partial charge is 0.0538 e. The van der Waals surface area contributed by atoms with Crippen molar-refractivity contribution in [2.45, 2.75) is 53.4 Å². The highest BCUT2D eigenvalue weighted by molar-refractivity contribution is 6.01. The van der Waals surface area contributed by atoms with Crippen LogP contribution in [0.25, 0.3) is 33.7 Å². The third kappa shape index (κ3) is 3.59. The van der Waals surface area contributed by atoms with Gasteiger partial charge in [0.15, 0.2) is 0 Å². The number of aryl methyl sites for hydroxylation is 1. The van der Waals surface area contributed by atoms with E-state index in [1.807, 2.05) is 6.08 Å². The van der Waals surface area contributed by atoms with Gasteiger partial charge in [-0.2, -0.15) is 0 Å². The van der Waals surface area contributed by atoms with E-state index in [0.717, 1.165) is 11.8 Å². The lowest BCUT2D eigenvalue weighted by molar-refractivity contribution is 0.326. The summed E-state index contributed by atoms with van der Waals surface area (Å²) in [6.45, 7) is 13.2. The molecular formula is C28H33N. The van der Waals surface area contributed by atoms with Crippen LogP contribution >= 0.6 is 0 Å². The Morgan fingerprint density at radius 1 is 1.17 bits per heavy atom. The van der Waals surface area contributed by atoms with Gasteiger partial charge >= 0.3 is 0 Å². The summed E-state index contributed by atoms with van der Waals surface area (Å²) in [7, 11) is 0. The zero-order valence-electron chi connectivity index (χ0n) is 18.3. The molecule has 2 aromatic carbocycles. The van der Waals surface area contributed by atoms with E-state index in [-0.39, 0.29) is 0 Å². The van der Waals surface area contributed by atoms with Crippen LogP contribution in [0.2, 0.25) is 0 Å². The van der Waals surface area contributed by atoms with Crippen LogP contribution in [0.4, 0.5) is 0 Å². The van der Waals surface area contributed by atoms with Crippen LogP contribution in [0.1, 0.15) is 61.9 Å². The molecule has 0 aliphatic heterocycles. The fourth-order valence-corrected chi connectivity index (χ4v) is 4.81. The maximum atomic E-state index is 4.04. The average Bonchev–Trinajstić information content (AvgIpc) is 3.20. The number of allylic oxidation sites excluding steroid dienone is 2. The first kappa shape index (κ1) is 19.8. The fraction of sp³-hybridized carbons (Fsp3) is 0.357. The molecule has 1 N–H and O–H groups in total. The third-order valence-electron chi connectivity index (χ3n) is 7.19. The molecule has 0 saturated heterocycles. The van der Waals surface area contributed by atoms with Gasteiger partial charge in [0.2, 0.25) is 0 Å². The summed E-state index contributed by atoms with van der Waals surface area (Å²) in [4.78, 5) is 3.75. The van der Waals surface area contributed by atoms with E-state index < -0.39 is 0 Å². The van der Waals surface area contributed by atoms with Gasteiger partial charge in [-0.15, -0.1) is 0 Å². The molecular weight excluding hydrogens is 350 g/mol. The summed E-state index contributed by atoms with van der Waals surface area (Å²) >= 11 is 0. The molecule has 1 nitrogen and oxygen atoms in total. The normalized spacial score (nSPS) is 17.9. The number of fused-ring (bicyclic) bond motifs is 1. The summed E-state index contributed by atoms with van der Waals surface area (Å²) in [6.07, 6.45) is 9.40. The molecule has 2 unspecified atom stereocenters. The van der Waals surface area contributed by atoms with E-state index in [9.17, 15) is 0 Å². The van der Waals surface area contributed by atoms with Gasteiger partial charge < -0.3 is 4.98 Å². The summed E-state index contributed by atoms with van der Waals surface area (Å²) in [6, 6.07) is 13.4. The Labute approximate surface area is 175 Å². The van der Waals surface area contributed by atoms with Crippen LogP contribution in [0.15, 0.2) is 49.1 Å². The lowest BCUT2D eigenvalue weighted by atomic mass is 9.80. The van der Waals surface area contributed by atoms with Crippen molar-refractivity contribution in [2.75, 3.05) is 0 Å². The number of hydrogen-bond donors (Lipinski definition) is 1. The van der Waals surface area contributed by atoms with Crippen LogP contribution in [0.3, 0.4) is 0 Å². The molecule has 2 atom stereocenters. The van der Waals surface area contributed by atoms with Gasteiger partial charge in [0.25, 0.3) is 0 Å². The Morgan fingerprint density at radius 2 is 2.00 bits per heavy atom. The minimum Gasteiger partial charge on any atom is -0.354 e. The van der Waals surface area contributed by atoms with Crippen molar-refractivity contribution >= 4 is 22.6 Å². The predicted octanol–water partition coefficient (Wildman–Crippen LogP) is 8.32. The molecule has 0 fully saturated rings. The molecule has 1 heteroatoms. The van der Waals surface area contributed by atoms with Gasteiger partial charge in [0.1, 0.15) is 0 Å². The van der Waals surface area contributed by atoms with Crippen molar-refractivity contribution in [3.8, 4) is 11.1 Å². The van der Waals surface area contributed by atoms with Crippen molar-refractivity contribution in [3.63, 3.8) is 0 Å². The van der Waals surface area contributed by atoms with E-state index in [1.165, 1.54) is 75.7 Å². The standard InChI is InChI=1S/C28H33N/c1-6-18(3)22-11-13-23(14-12-22)27-17-26-25(16-15-21(7-2)28(26)29-27)24-10-8-9-19(4)20(24)5/h7-10,13,15-18,22,29H,2,6,11-12,14H2,1,3-5H3. The number of benzene rings is 2. The zero-order chi connectivity index (χ0) is 20.5. The zero-order valence-corrected chi connectivity index (χ0v) is 18.3. The highest BCUT2D eigenvalue weighted by Gasteiger charge is 2.21. The number of aromatic amines is 1. The Hall–Kier alpha value is -2.54. The average molecular weight is 384 g/mol. The Bertz CT molecular complexity index is 1080. The molecule has 0 amide bonds. The van der Waals surface area contributed by atoms with E-state index in [0.29, 0.717) is 0 Å². The second-order valence-corrected chi connectivity index (χ2v) is 8.77. The molecule has 1 heterocycles. The number of hydrogen-bond acceptors (Lipinski definition) is 0. The minimum absolute atomic E-state index is 0.818. The first-order valence-corrected chi connectivity index (χ1v) is 11.1. The van der Waals surface area contributed by atoms with Crippen LogP contribution in [0, 0.1) is 25.7 Å². The SMILES string of the molecule is C=Cc1ccc(-c2cccc(C)c2C)c2cc(C3=CCC(C(C)CC)CC3)[nH]c12. The van der Waals surface area contributed by atoms with Crippen molar-refractivity contribution in [3.05, 3.63) is 71.4 Å². The minimum atomic E-state index is 0.818. The van der Waals surface area contributed by atoms with E-state index in [1.54, 1.807) is 0 Å². The third-order valence-corrected chi connectivity index (χ3v) is 7.19. The quantitative estimate of drug-likeness (QED) is 0.456. The van der Waals surface area contributed by atoms with Gasteiger partial charge in [-0.25, -0.2) is 0 Å². The molecule has 1 aromatic heterocycles. The Kier molecular flexibility index (Phi) is 5.50. The molecule has 4 rings (SSSR count). The van der Waals surface area contributed by atoms with E-state index in [2.05, 4.69) is 81.7 Å². The van der Waals surface area contributed by atoms with Gasteiger partial charge in [-0.05, 0) is 84.4 Å². The molecule has 0 radical (unpaired) electrons. The fourth-order valence-electron chi connectivity index (χ4n) is 4.81. The van der Waals surface area contributed by atoms with Gasteiger partial charge in [-0.1, -0.05) is 69.3 Å². The van der Waals surface area contributed by atoms with Crippen molar-refractivity contribution in [1.82, 2.24) is 4.98 Å². The van der Waals surface area contributed by atoms with E-state index in [4.69, 9.17) is 0 Å². The topological polar surface area (TPSA) is 15.8 Å². The number of aromatic nitrogens is 1. The molecule has 1 aliphatic carbocycles. The van der Waals surface area contributed by atoms with Crippen molar-refractivity contribution in [1.29, 1.82) is 0 Å². The van der Waals surface area contributed by atoms with Crippen LogP contribution in [-0.2, 0) is 0 Å². The molecule has 3 aromatic rings. The predicted molar refractivity (Wildman–Crippen MR) is 128 cm³/mol. The molecule has 1 aliphatic rings. The molecule has 29 heavy (non-hydrogen) atoms. The van der Waals surface area contributed by atoms with Gasteiger partial charge in [0.05, 0.1) is 5.52 Å². The maximum absolute atomic E-state index is 4.04. The molecule has 0 saturated carbocycles. The monoisotopic (exact) mass is 383 g/mol. The molecule has 0 spiro atoms. The number of H-pyrrole nitrogens is 1. The maximum Gasteiger partial charge on any atom is 0.0538 e. The second kappa shape index (κ2) is 8.06. The van der Waals surface area contributed by atoms with Crippen LogP contribution in [-0.4, -0.2) is 4.98 Å². The second-order valence-electron chi connectivity index (χ2n) is 8.77. The molecule has 150 valence electrons. The van der Waals surface area contributed by atoms with Crippen LogP contribution in [0.5, 0.6) is 0 Å². The lowest BCUT2D eigenvalue weighted by Crippen LogP contribution is -2.13. The van der Waals surface area contributed by atoms with Gasteiger partial charge in [0, 0.05) is 11.1 Å². The summed E-state index contributed by atoms with van der Waals surface area (Å²) in [5.41, 5.74) is 10.5. The number of rotatable bonds is 5. The molecule has 0 bridgehead atoms. The van der Waals surface area contributed by atoms with Crippen molar-refractivity contribution in [2.24, 2.45) is 11.8 Å². The lowest BCUT2D eigenvalue weighted by Gasteiger charge is -2.26. The first-order valence-electron chi connectivity index (χ1n) is 11.1. The first-order chi connectivity index (χ1) is 14.0.